The molecule has 1 aliphatic rings. The van der Waals surface area contributed by atoms with Crippen molar-refractivity contribution in [1.82, 2.24) is 4.98 Å². The van der Waals surface area contributed by atoms with Crippen molar-refractivity contribution in [2.45, 2.75) is 19.8 Å². The molecule has 3 heteroatoms. The lowest BCUT2D eigenvalue weighted by Crippen LogP contribution is -2.29. The van der Waals surface area contributed by atoms with Crippen molar-refractivity contribution < 1.29 is 4.74 Å². The minimum Gasteiger partial charge on any atom is -0.474 e. The molecule has 0 N–H and O–H groups in total. The predicted molar refractivity (Wildman–Crippen MR) is 57.1 cm³/mol. The summed E-state index contributed by atoms with van der Waals surface area (Å²) in [7, 11) is 2.07. The number of fused-ring (bicyclic) bond motifs is 1. The quantitative estimate of drug-likeness (QED) is 0.680. The molecule has 0 spiro atoms. The first-order chi connectivity index (χ1) is 6.68. The molecule has 0 unspecified atom stereocenters. The maximum atomic E-state index is 5.53. The molecule has 0 aliphatic carbocycles. The molecule has 76 valence electrons. The Morgan fingerprint density at radius 1 is 1.43 bits per heavy atom. The van der Waals surface area contributed by atoms with Gasteiger partial charge in [0.1, 0.15) is 6.61 Å². The van der Waals surface area contributed by atoms with E-state index in [4.69, 9.17) is 4.74 Å². The van der Waals surface area contributed by atoms with Crippen LogP contribution in [0.1, 0.15) is 25.5 Å². The zero-order valence-electron chi connectivity index (χ0n) is 8.95. The van der Waals surface area contributed by atoms with Gasteiger partial charge in [-0.2, -0.15) is 0 Å². The third-order valence-corrected chi connectivity index (χ3v) is 2.53. The molecule has 0 radical (unpaired) electrons. The van der Waals surface area contributed by atoms with Crippen LogP contribution in [0, 0.1) is 0 Å². The lowest BCUT2D eigenvalue weighted by atomic mass is 10.1. The monoisotopic (exact) mass is 192 g/mol. The fourth-order valence-corrected chi connectivity index (χ4v) is 1.57. The number of pyridine rings is 1. The molecule has 2 rings (SSSR count). The van der Waals surface area contributed by atoms with Crippen LogP contribution >= 0.6 is 0 Å². The van der Waals surface area contributed by atoms with Gasteiger partial charge in [-0.05, 0) is 18.1 Å². The van der Waals surface area contributed by atoms with Crippen LogP contribution in [-0.4, -0.2) is 25.2 Å². The Kier molecular flexibility index (Phi) is 2.32. The van der Waals surface area contributed by atoms with Gasteiger partial charge in [-0.25, -0.2) is 4.98 Å². The molecule has 0 fully saturated rings. The SMILES string of the molecule is CC(C)c1ccc2c(n1)OCCN2C. The average molecular weight is 192 g/mol. The van der Waals surface area contributed by atoms with E-state index in [2.05, 4.69) is 42.9 Å². The highest BCUT2D eigenvalue weighted by atomic mass is 16.5. The van der Waals surface area contributed by atoms with Gasteiger partial charge in [-0.3, -0.25) is 0 Å². The maximum Gasteiger partial charge on any atom is 0.237 e. The standard InChI is InChI=1S/C11H16N2O/c1-8(2)9-4-5-10-11(12-9)14-7-6-13(10)3/h4-5,8H,6-7H2,1-3H3. The second kappa shape index (κ2) is 3.48. The van der Waals surface area contributed by atoms with E-state index in [1.807, 2.05) is 0 Å². The average Bonchev–Trinajstić information content (AvgIpc) is 2.17. The van der Waals surface area contributed by atoms with Crippen LogP contribution in [0.2, 0.25) is 0 Å². The van der Waals surface area contributed by atoms with E-state index in [9.17, 15) is 0 Å². The fraction of sp³-hybridized carbons (Fsp3) is 0.545. The molecule has 3 nitrogen and oxygen atoms in total. The van der Waals surface area contributed by atoms with Crippen LogP contribution in [0.3, 0.4) is 0 Å². The van der Waals surface area contributed by atoms with E-state index < -0.39 is 0 Å². The Morgan fingerprint density at radius 2 is 2.21 bits per heavy atom. The van der Waals surface area contributed by atoms with Gasteiger partial charge in [0.05, 0.1) is 12.2 Å². The molecule has 0 atom stereocenters. The highest BCUT2D eigenvalue weighted by Gasteiger charge is 2.16. The Hall–Kier alpha value is -1.25. The molecule has 1 aromatic rings. The molecule has 1 aliphatic heterocycles. The van der Waals surface area contributed by atoms with E-state index in [1.54, 1.807) is 0 Å². The Labute approximate surface area is 84.7 Å². The van der Waals surface area contributed by atoms with Crippen LogP contribution in [0.5, 0.6) is 5.88 Å². The first-order valence-electron chi connectivity index (χ1n) is 5.03. The smallest absolute Gasteiger partial charge is 0.237 e. The second-order valence-electron chi connectivity index (χ2n) is 3.99. The molecular formula is C11H16N2O. The molecule has 0 saturated carbocycles. The summed E-state index contributed by atoms with van der Waals surface area (Å²) >= 11 is 0. The van der Waals surface area contributed by atoms with Crippen LogP contribution < -0.4 is 9.64 Å². The Balaban J connectivity index is 2.39. The number of aromatic nitrogens is 1. The minimum absolute atomic E-state index is 0.455. The zero-order chi connectivity index (χ0) is 10.1. The van der Waals surface area contributed by atoms with Crippen LogP contribution in [-0.2, 0) is 0 Å². The predicted octanol–water partition coefficient (Wildman–Crippen LogP) is 2.03. The fourth-order valence-electron chi connectivity index (χ4n) is 1.57. The van der Waals surface area contributed by atoms with Crippen molar-refractivity contribution in [3.05, 3.63) is 17.8 Å². The number of nitrogens with zero attached hydrogens (tertiary/aromatic N) is 2. The number of hydrogen-bond acceptors (Lipinski definition) is 3. The highest BCUT2D eigenvalue weighted by molar-refractivity contribution is 5.56. The molecule has 0 amide bonds. The van der Waals surface area contributed by atoms with Crippen molar-refractivity contribution in [2.75, 3.05) is 25.1 Å². The van der Waals surface area contributed by atoms with Gasteiger partial charge in [-0.1, -0.05) is 13.8 Å². The van der Waals surface area contributed by atoms with Gasteiger partial charge in [0.15, 0.2) is 0 Å². The summed E-state index contributed by atoms with van der Waals surface area (Å²) in [5.74, 6) is 1.24. The molecule has 2 heterocycles. The molecule has 1 aromatic heterocycles. The molecule has 0 bridgehead atoms. The minimum atomic E-state index is 0.455. The first-order valence-corrected chi connectivity index (χ1v) is 5.03. The van der Waals surface area contributed by atoms with Crippen LogP contribution in [0.4, 0.5) is 5.69 Å². The summed E-state index contributed by atoms with van der Waals surface area (Å²) in [5.41, 5.74) is 2.19. The molecule has 0 saturated heterocycles. The van der Waals surface area contributed by atoms with Crippen molar-refractivity contribution >= 4 is 5.69 Å². The van der Waals surface area contributed by atoms with Gasteiger partial charge in [-0.15, -0.1) is 0 Å². The third-order valence-electron chi connectivity index (χ3n) is 2.53. The van der Waals surface area contributed by atoms with Crippen LogP contribution in [0.15, 0.2) is 12.1 Å². The highest BCUT2D eigenvalue weighted by Crippen LogP contribution is 2.29. The van der Waals surface area contributed by atoms with Gasteiger partial charge < -0.3 is 9.64 Å². The van der Waals surface area contributed by atoms with Gasteiger partial charge >= 0.3 is 0 Å². The van der Waals surface area contributed by atoms with Gasteiger partial charge in [0.25, 0.3) is 0 Å². The second-order valence-corrected chi connectivity index (χ2v) is 3.99. The summed E-state index contributed by atoms with van der Waals surface area (Å²) in [6.07, 6.45) is 0. The number of anilines is 1. The number of rotatable bonds is 1. The van der Waals surface area contributed by atoms with E-state index in [-0.39, 0.29) is 0 Å². The number of likely N-dealkylation sites (N-methyl/N-ethyl adjacent to an activating group) is 1. The van der Waals surface area contributed by atoms with Crippen LogP contribution in [0.25, 0.3) is 0 Å². The van der Waals surface area contributed by atoms with Crippen molar-refractivity contribution in [3.63, 3.8) is 0 Å². The number of ether oxygens (including phenoxy) is 1. The lowest BCUT2D eigenvalue weighted by molar-refractivity contribution is 0.297. The van der Waals surface area contributed by atoms with Crippen molar-refractivity contribution in [3.8, 4) is 5.88 Å². The zero-order valence-corrected chi connectivity index (χ0v) is 8.95. The largest absolute Gasteiger partial charge is 0.474 e. The normalized spacial score (nSPS) is 15.3. The third kappa shape index (κ3) is 1.54. The molecule has 0 aromatic carbocycles. The summed E-state index contributed by atoms with van der Waals surface area (Å²) in [6.45, 7) is 5.95. The maximum absolute atomic E-state index is 5.53. The summed E-state index contributed by atoms with van der Waals surface area (Å²) in [6, 6.07) is 4.17. The van der Waals surface area contributed by atoms with E-state index in [0.717, 1.165) is 30.4 Å². The van der Waals surface area contributed by atoms with Crippen molar-refractivity contribution in [2.24, 2.45) is 0 Å². The number of hydrogen-bond donors (Lipinski definition) is 0. The van der Waals surface area contributed by atoms with Gasteiger partial charge in [0.2, 0.25) is 5.88 Å². The lowest BCUT2D eigenvalue weighted by Gasteiger charge is -2.27. The van der Waals surface area contributed by atoms with Crippen molar-refractivity contribution in [1.29, 1.82) is 0 Å². The summed E-state index contributed by atoms with van der Waals surface area (Å²) in [4.78, 5) is 6.68. The Morgan fingerprint density at radius 3 is 2.93 bits per heavy atom. The summed E-state index contributed by atoms with van der Waals surface area (Å²) < 4.78 is 5.53. The van der Waals surface area contributed by atoms with E-state index in [1.165, 1.54) is 0 Å². The topological polar surface area (TPSA) is 25.4 Å². The first kappa shape index (κ1) is 9.31. The molecule has 14 heavy (non-hydrogen) atoms. The molecular weight excluding hydrogens is 176 g/mol. The summed E-state index contributed by atoms with van der Waals surface area (Å²) in [5, 5.41) is 0. The van der Waals surface area contributed by atoms with E-state index in [0.29, 0.717) is 5.92 Å². The van der Waals surface area contributed by atoms with E-state index >= 15 is 0 Å². The Bertz CT molecular complexity index is 336. The van der Waals surface area contributed by atoms with Gasteiger partial charge in [0, 0.05) is 12.7 Å².